The predicted molar refractivity (Wildman–Crippen MR) is 49.7 cm³/mol. The summed E-state index contributed by atoms with van der Waals surface area (Å²) in [5.74, 6) is -0.395. The monoisotopic (exact) mass is 187 g/mol. The van der Waals surface area contributed by atoms with Crippen LogP contribution in [0.1, 0.15) is 27.7 Å². The molecule has 0 amide bonds. The zero-order valence-corrected chi connectivity index (χ0v) is 8.53. The topological polar surface area (TPSA) is 61.5 Å². The van der Waals surface area contributed by atoms with Gasteiger partial charge < -0.3 is 15.2 Å². The molecule has 0 fully saturated rings. The molecule has 76 valence electrons. The smallest absolute Gasteiger partial charge is 0.336 e. The van der Waals surface area contributed by atoms with Crippen LogP contribution in [-0.4, -0.2) is 18.2 Å². The second-order valence-corrected chi connectivity index (χ2v) is 3.20. The van der Waals surface area contributed by atoms with Gasteiger partial charge in [-0.05, 0) is 27.7 Å². The van der Waals surface area contributed by atoms with Gasteiger partial charge in [0.25, 0.3) is 0 Å². The third-order valence-electron chi connectivity index (χ3n) is 0.984. The van der Waals surface area contributed by atoms with E-state index in [0.717, 1.165) is 6.08 Å². The molecule has 0 saturated heterocycles. The van der Waals surface area contributed by atoms with Gasteiger partial charge in [-0.3, -0.25) is 0 Å². The SMILES string of the molecule is CC(C)OC(=O)/C=C(/N)OC(C)C. The number of ether oxygens (including phenoxy) is 2. The number of carbonyl (C=O) groups is 1. The van der Waals surface area contributed by atoms with E-state index < -0.39 is 5.97 Å². The minimum absolute atomic E-state index is 0.0388. The van der Waals surface area contributed by atoms with Crippen molar-refractivity contribution in [3.8, 4) is 0 Å². The summed E-state index contributed by atoms with van der Waals surface area (Å²) < 4.78 is 9.87. The van der Waals surface area contributed by atoms with Crippen LogP contribution in [0.3, 0.4) is 0 Å². The lowest BCUT2D eigenvalue weighted by molar-refractivity contribution is -0.141. The van der Waals surface area contributed by atoms with Gasteiger partial charge in [-0.2, -0.15) is 0 Å². The molecule has 0 bridgehead atoms. The van der Waals surface area contributed by atoms with Gasteiger partial charge >= 0.3 is 5.97 Å². The number of esters is 1. The van der Waals surface area contributed by atoms with E-state index in [4.69, 9.17) is 15.2 Å². The van der Waals surface area contributed by atoms with E-state index in [-0.39, 0.29) is 18.1 Å². The molecule has 0 aromatic rings. The molecule has 0 aliphatic carbocycles. The Hall–Kier alpha value is -1.19. The Morgan fingerprint density at radius 2 is 1.62 bits per heavy atom. The largest absolute Gasteiger partial charge is 0.476 e. The average Bonchev–Trinajstić information content (AvgIpc) is 1.80. The molecule has 0 aromatic carbocycles. The van der Waals surface area contributed by atoms with Crippen LogP contribution < -0.4 is 5.73 Å². The molecular formula is C9H17NO3. The summed E-state index contributed by atoms with van der Waals surface area (Å²) in [6, 6.07) is 0. The molecule has 4 heteroatoms. The van der Waals surface area contributed by atoms with Gasteiger partial charge in [0.1, 0.15) is 0 Å². The third kappa shape index (κ3) is 7.18. The standard InChI is InChI=1S/C9H17NO3/c1-6(2)12-8(10)5-9(11)13-7(3)4/h5-7H,10H2,1-4H3/b8-5-. The quantitative estimate of drug-likeness (QED) is 0.407. The molecule has 0 saturated carbocycles. The van der Waals surface area contributed by atoms with Crippen molar-refractivity contribution >= 4 is 5.97 Å². The first-order valence-corrected chi connectivity index (χ1v) is 4.26. The van der Waals surface area contributed by atoms with Crippen molar-refractivity contribution in [2.75, 3.05) is 0 Å². The maximum Gasteiger partial charge on any atom is 0.336 e. The highest BCUT2D eigenvalue weighted by Gasteiger charge is 2.04. The van der Waals surface area contributed by atoms with Gasteiger partial charge in [-0.1, -0.05) is 0 Å². The van der Waals surface area contributed by atoms with Crippen molar-refractivity contribution in [1.82, 2.24) is 0 Å². The highest BCUT2D eigenvalue weighted by molar-refractivity contribution is 5.82. The Morgan fingerprint density at radius 3 is 2.00 bits per heavy atom. The fourth-order valence-corrected chi connectivity index (χ4v) is 0.689. The molecule has 0 aliphatic heterocycles. The number of rotatable bonds is 4. The molecule has 0 atom stereocenters. The van der Waals surface area contributed by atoms with Crippen LogP contribution in [0.2, 0.25) is 0 Å². The van der Waals surface area contributed by atoms with Crippen molar-refractivity contribution in [1.29, 1.82) is 0 Å². The van der Waals surface area contributed by atoms with Gasteiger partial charge in [0.15, 0.2) is 5.88 Å². The van der Waals surface area contributed by atoms with Crippen LogP contribution in [0.15, 0.2) is 12.0 Å². The molecule has 4 nitrogen and oxygen atoms in total. The lowest BCUT2D eigenvalue weighted by Gasteiger charge is -2.09. The van der Waals surface area contributed by atoms with E-state index in [1.807, 2.05) is 13.8 Å². The second kappa shape index (κ2) is 5.45. The molecule has 0 aliphatic rings. The predicted octanol–water partition coefficient (Wildman–Crippen LogP) is 1.16. The normalized spacial score (nSPS) is 12.0. The highest BCUT2D eigenvalue weighted by atomic mass is 16.5. The fourth-order valence-electron chi connectivity index (χ4n) is 0.689. The second-order valence-electron chi connectivity index (χ2n) is 3.20. The van der Waals surface area contributed by atoms with E-state index in [9.17, 15) is 4.79 Å². The number of carbonyl (C=O) groups excluding carboxylic acids is 1. The number of hydrogen-bond donors (Lipinski definition) is 1. The molecule has 0 radical (unpaired) electrons. The van der Waals surface area contributed by atoms with Gasteiger partial charge in [-0.25, -0.2) is 4.79 Å². The Morgan fingerprint density at radius 1 is 1.15 bits per heavy atom. The maximum atomic E-state index is 11.0. The summed E-state index contributed by atoms with van der Waals surface area (Å²) in [4.78, 5) is 11.0. The first-order valence-electron chi connectivity index (χ1n) is 4.26. The summed E-state index contributed by atoms with van der Waals surface area (Å²) in [7, 11) is 0. The third-order valence-corrected chi connectivity index (χ3v) is 0.984. The summed E-state index contributed by atoms with van der Waals surface area (Å²) >= 11 is 0. The van der Waals surface area contributed by atoms with Crippen molar-refractivity contribution in [2.45, 2.75) is 39.9 Å². The Kier molecular flexibility index (Phi) is 4.96. The zero-order valence-electron chi connectivity index (χ0n) is 8.53. The van der Waals surface area contributed by atoms with Gasteiger partial charge in [-0.15, -0.1) is 0 Å². The number of hydrogen-bond acceptors (Lipinski definition) is 4. The molecular weight excluding hydrogens is 170 g/mol. The van der Waals surface area contributed by atoms with Gasteiger partial charge in [0.2, 0.25) is 0 Å². The van der Waals surface area contributed by atoms with Gasteiger partial charge in [0, 0.05) is 0 Å². The average molecular weight is 187 g/mol. The molecule has 0 spiro atoms. The van der Waals surface area contributed by atoms with Crippen molar-refractivity contribution < 1.29 is 14.3 Å². The summed E-state index contributed by atoms with van der Waals surface area (Å²) in [5, 5.41) is 0. The molecule has 0 rings (SSSR count). The molecule has 0 heterocycles. The Balaban J connectivity index is 3.99. The van der Waals surface area contributed by atoms with Crippen molar-refractivity contribution in [2.24, 2.45) is 5.73 Å². The molecule has 0 aromatic heterocycles. The van der Waals surface area contributed by atoms with E-state index in [1.165, 1.54) is 0 Å². The highest BCUT2D eigenvalue weighted by Crippen LogP contribution is 1.97. The van der Waals surface area contributed by atoms with E-state index in [0.29, 0.717) is 0 Å². The molecule has 13 heavy (non-hydrogen) atoms. The maximum absolute atomic E-state index is 11.0. The summed E-state index contributed by atoms with van der Waals surface area (Å²) in [6.07, 6.45) is 0.957. The molecule has 0 unspecified atom stereocenters. The van der Waals surface area contributed by atoms with Crippen LogP contribution in [0.4, 0.5) is 0 Å². The minimum atomic E-state index is -0.479. The minimum Gasteiger partial charge on any atom is -0.476 e. The van der Waals surface area contributed by atoms with Gasteiger partial charge in [0.05, 0.1) is 18.3 Å². The molecule has 2 N–H and O–H groups in total. The van der Waals surface area contributed by atoms with E-state index in [2.05, 4.69) is 0 Å². The van der Waals surface area contributed by atoms with Crippen LogP contribution in [-0.2, 0) is 14.3 Å². The van der Waals surface area contributed by atoms with Crippen LogP contribution in [0.25, 0.3) is 0 Å². The van der Waals surface area contributed by atoms with E-state index >= 15 is 0 Å². The first kappa shape index (κ1) is 11.8. The Bertz CT molecular complexity index is 197. The summed E-state index contributed by atoms with van der Waals surface area (Å²) in [6.45, 7) is 7.19. The first-order chi connectivity index (χ1) is 5.91. The zero-order chi connectivity index (χ0) is 10.4. The van der Waals surface area contributed by atoms with Crippen molar-refractivity contribution in [3.63, 3.8) is 0 Å². The fraction of sp³-hybridized carbons (Fsp3) is 0.667. The lowest BCUT2D eigenvalue weighted by Crippen LogP contribution is -2.14. The van der Waals surface area contributed by atoms with Crippen LogP contribution in [0, 0.1) is 0 Å². The number of nitrogens with two attached hydrogens (primary N) is 1. The van der Waals surface area contributed by atoms with Crippen molar-refractivity contribution in [3.05, 3.63) is 12.0 Å². The summed E-state index contributed by atoms with van der Waals surface area (Å²) in [5.41, 5.74) is 5.39. The lowest BCUT2D eigenvalue weighted by atomic mass is 10.4. The van der Waals surface area contributed by atoms with Crippen LogP contribution >= 0.6 is 0 Å². The Labute approximate surface area is 78.7 Å². The van der Waals surface area contributed by atoms with Crippen LogP contribution in [0.5, 0.6) is 0 Å². The van der Waals surface area contributed by atoms with E-state index in [1.54, 1.807) is 13.8 Å².